The first kappa shape index (κ1) is 20.3. The summed E-state index contributed by atoms with van der Waals surface area (Å²) in [4.78, 5) is 21.7. The van der Waals surface area contributed by atoms with Crippen molar-refractivity contribution in [1.82, 2.24) is 14.5 Å². The third-order valence-electron chi connectivity index (χ3n) is 5.64. The maximum absolute atomic E-state index is 13.5. The van der Waals surface area contributed by atoms with Crippen LogP contribution < -0.4 is 16.2 Å². The van der Waals surface area contributed by atoms with E-state index in [0.717, 1.165) is 31.1 Å². The third-order valence-corrected chi connectivity index (χ3v) is 5.64. The molecule has 3 aromatic rings. The summed E-state index contributed by atoms with van der Waals surface area (Å²) in [6.07, 6.45) is 5.77. The van der Waals surface area contributed by atoms with Crippen LogP contribution in [0.4, 0.5) is 21.8 Å². The van der Waals surface area contributed by atoms with Gasteiger partial charge >= 0.3 is 0 Å². The quantitative estimate of drug-likeness (QED) is 0.593. The molecule has 1 aliphatic carbocycles. The maximum Gasteiger partial charge on any atom is 0.262 e. The lowest BCUT2D eigenvalue weighted by molar-refractivity contribution is 0.126. The number of aromatic nitrogens is 3. The summed E-state index contributed by atoms with van der Waals surface area (Å²) in [7, 11) is 0. The Morgan fingerprint density at radius 1 is 1.23 bits per heavy atom. The number of pyridine rings is 3. The molecular weight excluding hydrogens is 385 g/mol. The molecule has 30 heavy (non-hydrogen) atoms. The average Bonchev–Trinajstić information content (AvgIpc) is 2.72. The first-order valence-corrected chi connectivity index (χ1v) is 10.3. The van der Waals surface area contributed by atoms with Crippen LogP contribution in [-0.2, 0) is 6.54 Å². The Morgan fingerprint density at radius 2 is 2.00 bits per heavy atom. The van der Waals surface area contributed by atoms with Gasteiger partial charge in [0, 0.05) is 18.8 Å². The van der Waals surface area contributed by atoms with Crippen molar-refractivity contribution in [2.24, 2.45) is 0 Å². The molecule has 0 aliphatic heterocycles. The lowest BCUT2D eigenvalue weighted by Crippen LogP contribution is -2.29. The molecule has 3 heterocycles. The van der Waals surface area contributed by atoms with Crippen LogP contribution in [0.15, 0.2) is 35.4 Å². The Balaban J connectivity index is 1.74. The van der Waals surface area contributed by atoms with E-state index in [1.54, 1.807) is 29.8 Å². The fourth-order valence-electron chi connectivity index (χ4n) is 3.87. The Kier molecular flexibility index (Phi) is 5.67. The van der Waals surface area contributed by atoms with E-state index in [1.165, 1.54) is 6.20 Å². The van der Waals surface area contributed by atoms with Gasteiger partial charge in [0.25, 0.3) is 5.56 Å². The Labute approximate surface area is 174 Å². The normalized spacial score (nSPS) is 19.1. The number of hydrogen-bond acceptors (Lipinski definition) is 6. The topological polar surface area (TPSA) is 92.1 Å². The van der Waals surface area contributed by atoms with Crippen LogP contribution in [0.2, 0.25) is 0 Å². The second kappa shape index (κ2) is 8.39. The van der Waals surface area contributed by atoms with Crippen LogP contribution in [-0.4, -0.2) is 31.8 Å². The molecule has 8 heteroatoms. The van der Waals surface area contributed by atoms with Crippen LogP contribution in [0, 0.1) is 12.7 Å². The van der Waals surface area contributed by atoms with Gasteiger partial charge in [-0.3, -0.25) is 4.79 Å². The van der Waals surface area contributed by atoms with Crippen molar-refractivity contribution in [2.75, 3.05) is 10.6 Å². The highest BCUT2D eigenvalue weighted by molar-refractivity contribution is 5.93. The molecule has 0 aromatic carbocycles. The average molecular weight is 411 g/mol. The van der Waals surface area contributed by atoms with E-state index in [0.29, 0.717) is 34.9 Å². The molecule has 3 aromatic heterocycles. The maximum atomic E-state index is 13.5. The molecule has 158 valence electrons. The van der Waals surface area contributed by atoms with Crippen molar-refractivity contribution in [3.8, 4) is 0 Å². The number of anilines is 3. The number of fused-ring (bicyclic) bond motifs is 1. The van der Waals surface area contributed by atoms with Crippen LogP contribution in [0.5, 0.6) is 0 Å². The predicted octanol–water partition coefficient (Wildman–Crippen LogP) is 3.72. The molecule has 0 spiro atoms. The number of hydrogen-bond donors (Lipinski definition) is 3. The molecule has 1 aliphatic rings. The molecule has 0 radical (unpaired) electrons. The highest BCUT2D eigenvalue weighted by Gasteiger charge is 2.21. The molecule has 1 fully saturated rings. The molecule has 0 saturated heterocycles. The van der Waals surface area contributed by atoms with Crippen molar-refractivity contribution >= 4 is 28.2 Å². The zero-order chi connectivity index (χ0) is 21.3. The number of nitrogens with zero attached hydrogens (tertiary/aromatic N) is 3. The minimum atomic E-state index is -0.367. The number of nitrogens with one attached hydrogen (secondary N) is 2. The Morgan fingerprint density at radius 3 is 2.70 bits per heavy atom. The van der Waals surface area contributed by atoms with Gasteiger partial charge in [0.1, 0.15) is 23.3 Å². The monoisotopic (exact) mass is 411 g/mol. The van der Waals surface area contributed by atoms with Crippen molar-refractivity contribution in [1.29, 1.82) is 0 Å². The molecule has 0 atom stereocenters. The molecule has 3 N–H and O–H groups in total. The fourth-order valence-corrected chi connectivity index (χ4v) is 3.87. The molecule has 0 bridgehead atoms. The van der Waals surface area contributed by atoms with E-state index < -0.39 is 0 Å². The van der Waals surface area contributed by atoms with Crippen LogP contribution in [0.3, 0.4) is 0 Å². The smallest absolute Gasteiger partial charge is 0.262 e. The largest absolute Gasteiger partial charge is 0.393 e. The molecule has 0 unspecified atom stereocenters. The SMILES string of the molecule is CCn1ccc2cc(Nc3cc(C)c(F)cn3)nc(NC3CCC(O)CC3)c2c1=O. The lowest BCUT2D eigenvalue weighted by Gasteiger charge is -2.27. The summed E-state index contributed by atoms with van der Waals surface area (Å²) < 4.78 is 15.2. The van der Waals surface area contributed by atoms with Crippen LogP contribution in [0.25, 0.3) is 10.8 Å². The van der Waals surface area contributed by atoms with E-state index in [4.69, 9.17) is 0 Å². The first-order chi connectivity index (χ1) is 14.4. The van der Waals surface area contributed by atoms with Crippen molar-refractivity contribution < 1.29 is 9.50 Å². The number of aryl methyl sites for hydroxylation is 2. The number of rotatable bonds is 5. The molecule has 4 rings (SSSR count). The second-order valence-corrected chi connectivity index (χ2v) is 7.82. The van der Waals surface area contributed by atoms with Crippen LogP contribution >= 0.6 is 0 Å². The van der Waals surface area contributed by atoms with Gasteiger partial charge in [-0.1, -0.05) is 0 Å². The van der Waals surface area contributed by atoms with E-state index in [2.05, 4.69) is 20.6 Å². The van der Waals surface area contributed by atoms with E-state index >= 15 is 0 Å². The highest BCUT2D eigenvalue weighted by Crippen LogP contribution is 2.28. The zero-order valence-electron chi connectivity index (χ0n) is 17.2. The van der Waals surface area contributed by atoms with Gasteiger partial charge in [-0.15, -0.1) is 0 Å². The third kappa shape index (κ3) is 4.14. The minimum absolute atomic E-state index is 0.0943. The zero-order valence-corrected chi connectivity index (χ0v) is 17.2. The summed E-state index contributed by atoms with van der Waals surface area (Å²) >= 11 is 0. The second-order valence-electron chi connectivity index (χ2n) is 7.82. The van der Waals surface area contributed by atoms with Crippen LogP contribution in [0.1, 0.15) is 38.2 Å². The van der Waals surface area contributed by atoms with Gasteiger partial charge in [0.15, 0.2) is 0 Å². The first-order valence-electron chi connectivity index (χ1n) is 10.3. The highest BCUT2D eigenvalue weighted by atomic mass is 19.1. The van der Waals surface area contributed by atoms with E-state index in [-0.39, 0.29) is 23.5 Å². The minimum Gasteiger partial charge on any atom is -0.393 e. The van der Waals surface area contributed by atoms with Gasteiger partial charge in [0.05, 0.1) is 17.7 Å². The standard InChI is InChI=1S/C22H26FN5O2/c1-3-28-9-8-14-11-19(26-18-10-13(2)17(23)12-24-18)27-21(20(14)22(28)30)25-15-4-6-16(29)7-5-15/h8-12,15-16,29H,3-7H2,1-2H3,(H2,24,25,26,27). The number of halogens is 1. The number of aliphatic hydroxyl groups excluding tert-OH is 1. The van der Waals surface area contributed by atoms with Gasteiger partial charge in [0.2, 0.25) is 0 Å². The van der Waals surface area contributed by atoms with E-state index in [1.807, 2.05) is 13.0 Å². The van der Waals surface area contributed by atoms with Crippen molar-refractivity contribution in [2.45, 2.75) is 58.2 Å². The summed E-state index contributed by atoms with van der Waals surface area (Å²) in [6.45, 7) is 4.17. The van der Waals surface area contributed by atoms with Gasteiger partial charge in [-0.05, 0) is 68.7 Å². The van der Waals surface area contributed by atoms with Gasteiger partial charge < -0.3 is 20.3 Å². The summed E-state index contributed by atoms with van der Waals surface area (Å²) in [6, 6.07) is 5.45. The molecular formula is C22H26FN5O2. The molecule has 7 nitrogen and oxygen atoms in total. The fraction of sp³-hybridized carbons (Fsp3) is 0.409. The van der Waals surface area contributed by atoms with Gasteiger partial charge in [-0.25, -0.2) is 14.4 Å². The number of aliphatic hydroxyl groups is 1. The predicted molar refractivity (Wildman–Crippen MR) is 116 cm³/mol. The van der Waals surface area contributed by atoms with E-state index in [9.17, 15) is 14.3 Å². The van der Waals surface area contributed by atoms with Crippen molar-refractivity contribution in [3.63, 3.8) is 0 Å². The Bertz CT molecular complexity index is 1120. The molecule has 1 saturated carbocycles. The lowest BCUT2D eigenvalue weighted by atomic mass is 9.93. The summed E-state index contributed by atoms with van der Waals surface area (Å²) in [5.41, 5.74) is 0.390. The Hall–Kier alpha value is -3.00. The molecule has 0 amide bonds. The van der Waals surface area contributed by atoms with Gasteiger partial charge in [-0.2, -0.15) is 0 Å². The summed E-state index contributed by atoms with van der Waals surface area (Å²) in [5, 5.41) is 17.6. The summed E-state index contributed by atoms with van der Waals surface area (Å²) in [5.74, 6) is 1.15. The van der Waals surface area contributed by atoms with Crippen molar-refractivity contribution in [3.05, 3.63) is 52.3 Å².